The first-order valence-electron chi connectivity index (χ1n) is 9.58. The van der Waals surface area contributed by atoms with Crippen LogP contribution in [0.3, 0.4) is 0 Å². The van der Waals surface area contributed by atoms with Gasteiger partial charge in [0.2, 0.25) is 0 Å². The van der Waals surface area contributed by atoms with E-state index in [1.165, 1.54) is 12.1 Å². The van der Waals surface area contributed by atoms with E-state index in [1.54, 1.807) is 19.2 Å². The molecular formula is C20H27FN4O3. The zero-order valence-corrected chi connectivity index (χ0v) is 16.6. The summed E-state index contributed by atoms with van der Waals surface area (Å²) in [7, 11) is 1.67. The van der Waals surface area contributed by atoms with Crippen molar-refractivity contribution in [3.63, 3.8) is 0 Å². The third-order valence-electron chi connectivity index (χ3n) is 5.20. The lowest BCUT2D eigenvalue weighted by molar-refractivity contribution is 0.114. The Morgan fingerprint density at radius 3 is 2.61 bits per heavy atom. The first-order valence-corrected chi connectivity index (χ1v) is 9.58. The average Bonchev–Trinajstić information content (AvgIpc) is 3.17. The number of hydrogen-bond acceptors (Lipinski definition) is 5. The van der Waals surface area contributed by atoms with Crippen molar-refractivity contribution in [1.29, 1.82) is 0 Å². The maximum atomic E-state index is 13.2. The highest BCUT2D eigenvalue weighted by atomic mass is 19.1. The fourth-order valence-corrected chi connectivity index (χ4v) is 3.51. The van der Waals surface area contributed by atoms with Crippen LogP contribution in [0.4, 0.5) is 9.18 Å². The lowest BCUT2D eigenvalue weighted by Gasteiger charge is -2.40. The van der Waals surface area contributed by atoms with Crippen molar-refractivity contribution in [2.75, 3.05) is 26.8 Å². The van der Waals surface area contributed by atoms with E-state index >= 15 is 0 Å². The van der Waals surface area contributed by atoms with Gasteiger partial charge in [-0.3, -0.25) is 0 Å². The minimum Gasteiger partial charge on any atom is -0.385 e. The number of urea groups is 1. The van der Waals surface area contributed by atoms with Crippen molar-refractivity contribution in [2.45, 2.75) is 44.6 Å². The monoisotopic (exact) mass is 390 g/mol. The normalized spacial score (nSPS) is 16.4. The van der Waals surface area contributed by atoms with E-state index in [2.05, 4.69) is 15.5 Å². The first kappa shape index (κ1) is 20.3. The van der Waals surface area contributed by atoms with Crippen LogP contribution < -0.4 is 5.32 Å². The quantitative estimate of drug-likeness (QED) is 0.818. The Labute approximate surface area is 164 Å². The molecule has 1 aromatic carbocycles. The molecule has 28 heavy (non-hydrogen) atoms. The summed E-state index contributed by atoms with van der Waals surface area (Å²) in [6.45, 7) is 5.69. The molecule has 3 rings (SSSR count). The van der Waals surface area contributed by atoms with Crippen LogP contribution in [0.2, 0.25) is 0 Å². The van der Waals surface area contributed by atoms with Crippen molar-refractivity contribution in [3.8, 4) is 11.5 Å². The smallest absolute Gasteiger partial charge is 0.317 e. The number of amides is 2. The third kappa shape index (κ3) is 4.49. The molecule has 2 amide bonds. The summed E-state index contributed by atoms with van der Waals surface area (Å²) < 4.78 is 23.9. The van der Waals surface area contributed by atoms with Crippen molar-refractivity contribution in [3.05, 3.63) is 35.9 Å². The molecule has 1 N–H and O–H groups in total. The van der Waals surface area contributed by atoms with Gasteiger partial charge in [-0.1, -0.05) is 5.16 Å². The van der Waals surface area contributed by atoms with Crippen molar-refractivity contribution >= 4 is 6.03 Å². The van der Waals surface area contributed by atoms with Gasteiger partial charge in [-0.15, -0.1) is 0 Å². The molecule has 0 aliphatic carbocycles. The molecule has 7 nitrogen and oxygen atoms in total. The maximum absolute atomic E-state index is 13.2. The molecule has 0 saturated carbocycles. The number of carbonyl (C=O) groups is 1. The molecule has 0 unspecified atom stereocenters. The number of benzene rings is 1. The number of carbonyl (C=O) groups excluding carboxylic acids is 1. The Bertz CT molecular complexity index is 783. The Balaban J connectivity index is 1.77. The molecule has 1 saturated heterocycles. The number of ether oxygens (including phenoxy) is 1. The summed E-state index contributed by atoms with van der Waals surface area (Å²) in [5, 5.41) is 7.16. The van der Waals surface area contributed by atoms with Crippen LogP contribution in [-0.4, -0.2) is 53.9 Å². The Hall–Kier alpha value is -2.48. The van der Waals surface area contributed by atoms with Crippen LogP contribution in [0.5, 0.6) is 0 Å². The second-order valence-corrected chi connectivity index (χ2v) is 7.54. The summed E-state index contributed by atoms with van der Waals surface area (Å²) in [5.74, 6) is 0.673. The van der Waals surface area contributed by atoms with Gasteiger partial charge in [0.15, 0.2) is 5.82 Å². The van der Waals surface area contributed by atoms with Gasteiger partial charge >= 0.3 is 6.03 Å². The molecule has 1 aliphatic rings. The fourth-order valence-electron chi connectivity index (χ4n) is 3.51. The summed E-state index contributed by atoms with van der Waals surface area (Å²) >= 11 is 0. The number of hydrogen-bond donors (Lipinski definition) is 1. The van der Waals surface area contributed by atoms with Crippen LogP contribution in [0.1, 0.15) is 38.9 Å². The highest BCUT2D eigenvalue weighted by Gasteiger charge is 2.41. The molecule has 2 aromatic rings. The zero-order valence-electron chi connectivity index (χ0n) is 16.6. The van der Waals surface area contributed by atoms with E-state index in [4.69, 9.17) is 9.26 Å². The predicted molar refractivity (Wildman–Crippen MR) is 102 cm³/mol. The highest BCUT2D eigenvalue weighted by molar-refractivity contribution is 5.74. The topological polar surface area (TPSA) is 80.5 Å². The average molecular weight is 390 g/mol. The van der Waals surface area contributed by atoms with Crippen LogP contribution >= 0.6 is 0 Å². The standard InChI is InChI=1S/C20H27FN4O3/c1-14(2)22-19(26)25-11-8-20(9-12-25,10-13-27-3)18-23-17(28-24-18)15-4-6-16(21)7-5-15/h4-7,14H,8-13H2,1-3H3,(H,22,26). The summed E-state index contributed by atoms with van der Waals surface area (Å²) in [6.07, 6.45) is 2.19. The predicted octanol–water partition coefficient (Wildman–Crippen LogP) is 3.36. The summed E-state index contributed by atoms with van der Waals surface area (Å²) in [6, 6.07) is 6.02. The molecule has 2 heterocycles. The summed E-state index contributed by atoms with van der Waals surface area (Å²) in [5.41, 5.74) is 0.364. The molecule has 0 bridgehead atoms. The van der Waals surface area contributed by atoms with Gasteiger partial charge in [0.1, 0.15) is 5.82 Å². The van der Waals surface area contributed by atoms with E-state index < -0.39 is 0 Å². The second kappa shape index (κ2) is 8.68. The molecule has 1 aliphatic heterocycles. The minimum atomic E-state index is -0.313. The SMILES string of the molecule is COCCC1(c2noc(-c3ccc(F)cc3)n2)CCN(C(=O)NC(C)C)CC1. The number of halogens is 1. The van der Waals surface area contributed by atoms with E-state index in [9.17, 15) is 9.18 Å². The molecule has 1 fully saturated rings. The second-order valence-electron chi connectivity index (χ2n) is 7.54. The third-order valence-corrected chi connectivity index (χ3v) is 5.20. The zero-order chi connectivity index (χ0) is 20.1. The Morgan fingerprint density at radius 1 is 1.32 bits per heavy atom. The first-order chi connectivity index (χ1) is 13.4. The molecule has 0 spiro atoms. The molecule has 1 aromatic heterocycles. The Kier molecular flexibility index (Phi) is 6.28. The van der Waals surface area contributed by atoms with Crippen molar-refractivity contribution in [1.82, 2.24) is 20.4 Å². The van der Waals surface area contributed by atoms with Gasteiger partial charge in [0.05, 0.1) is 0 Å². The molecular weight excluding hydrogens is 363 g/mol. The van der Waals surface area contributed by atoms with Gasteiger partial charge in [-0.2, -0.15) is 4.98 Å². The highest BCUT2D eigenvalue weighted by Crippen LogP contribution is 2.38. The summed E-state index contributed by atoms with van der Waals surface area (Å²) in [4.78, 5) is 18.7. The molecule has 8 heteroatoms. The van der Waals surface area contributed by atoms with Gasteiger partial charge < -0.3 is 19.5 Å². The van der Waals surface area contributed by atoms with Crippen molar-refractivity contribution < 1.29 is 18.4 Å². The van der Waals surface area contributed by atoms with E-state index in [-0.39, 0.29) is 23.3 Å². The maximum Gasteiger partial charge on any atom is 0.317 e. The Morgan fingerprint density at radius 2 is 2.00 bits per heavy atom. The molecule has 0 radical (unpaired) electrons. The lowest BCUT2D eigenvalue weighted by Crippen LogP contribution is -2.50. The lowest BCUT2D eigenvalue weighted by atomic mass is 9.75. The van der Waals surface area contributed by atoms with Crippen LogP contribution in [0.15, 0.2) is 28.8 Å². The number of likely N-dealkylation sites (tertiary alicyclic amines) is 1. The number of piperidine rings is 1. The van der Waals surface area contributed by atoms with Gasteiger partial charge in [-0.05, 0) is 57.4 Å². The van der Waals surface area contributed by atoms with Crippen LogP contribution in [0.25, 0.3) is 11.5 Å². The minimum absolute atomic E-state index is 0.0459. The van der Waals surface area contributed by atoms with Gasteiger partial charge in [0, 0.05) is 43.8 Å². The van der Waals surface area contributed by atoms with Gasteiger partial charge in [0.25, 0.3) is 5.89 Å². The van der Waals surface area contributed by atoms with E-state index in [1.807, 2.05) is 18.7 Å². The number of nitrogens with one attached hydrogen (secondary N) is 1. The molecule has 0 atom stereocenters. The van der Waals surface area contributed by atoms with Crippen molar-refractivity contribution in [2.24, 2.45) is 0 Å². The fraction of sp³-hybridized carbons (Fsp3) is 0.550. The number of aromatic nitrogens is 2. The van der Waals surface area contributed by atoms with E-state index in [0.717, 1.165) is 19.3 Å². The van der Waals surface area contributed by atoms with Gasteiger partial charge in [-0.25, -0.2) is 9.18 Å². The number of methoxy groups -OCH3 is 1. The van der Waals surface area contributed by atoms with Crippen LogP contribution in [0, 0.1) is 5.82 Å². The molecule has 152 valence electrons. The number of nitrogens with zero attached hydrogens (tertiary/aromatic N) is 3. The largest absolute Gasteiger partial charge is 0.385 e. The van der Waals surface area contributed by atoms with Crippen LogP contribution in [-0.2, 0) is 10.2 Å². The number of rotatable bonds is 6. The van der Waals surface area contributed by atoms with E-state index in [0.29, 0.717) is 37.0 Å².